The van der Waals surface area contributed by atoms with Crippen LogP contribution in [0.4, 0.5) is 0 Å². The fourth-order valence-electron chi connectivity index (χ4n) is 3.09. The molecule has 130 valence electrons. The molecule has 0 bridgehead atoms. The summed E-state index contributed by atoms with van der Waals surface area (Å²) in [4.78, 5) is 6.91. The van der Waals surface area contributed by atoms with E-state index in [1.54, 1.807) is 0 Å². The summed E-state index contributed by atoms with van der Waals surface area (Å²) in [6.45, 7) is 10.4. The van der Waals surface area contributed by atoms with Gasteiger partial charge in [-0.2, -0.15) is 11.8 Å². The Labute approximate surface area is 157 Å². The van der Waals surface area contributed by atoms with Crippen LogP contribution < -0.4 is 10.6 Å². The quantitative estimate of drug-likeness (QED) is 0.392. The number of rotatable bonds is 5. The zero-order valence-corrected chi connectivity index (χ0v) is 17.5. The molecule has 2 fully saturated rings. The topological polar surface area (TPSA) is 39.7 Å². The molecule has 1 unspecified atom stereocenters. The first-order valence-electron chi connectivity index (χ1n) is 8.42. The SMILES string of the molecule is CN=C(NCCN1CCC(C)CC1)NCC1(C)CCCS1.I. The van der Waals surface area contributed by atoms with E-state index >= 15 is 0 Å². The molecule has 2 saturated heterocycles. The number of aliphatic imine (C=N–C) groups is 1. The van der Waals surface area contributed by atoms with Crippen LogP contribution in [0, 0.1) is 5.92 Å². The van der Waals surface area contributed by atoms with E-state index in [-0.39, 0.29) is 24.0 Å². The van der Waals surface area contributed by atoms with Gasteiger partial charge in [-0.3, -0.25) is 4.99 Å². The lowest BCUT2D eigenvalue weighted by molar-refractivity contribution is 0.195. The van der Waals surface area contributed by atoms with Crippen molar-refractivity contribution < 1.29 is 0 Å². The van der Waals surface area contributed by atoms with Crippen molar-refractivity contribution in [2.75, 3.05) is 45.5 Å². The Bertz CT molecular complexity index is 337. The average Bonchev–Trinajstić information content (AvgIpc) is 2.92. The van der Waals surface area contributed by atoms with Gasteiger partial charge in [0, 0.05) is 31.4 Å². The van der Waals surface area contributed by atoms with Gasteiger partial charge in [-0.15, -0.1) is 24.0 Å². The summed E-state index contributed by atoms with van der Waals surface area (Å²) >= 11 is 2.09. The van der Waals surface area contributed by atoms with Gasteiger partial charge in [0.2, 0.25) is 0 Å². The van der Waals surface area contributed by atoms with Crippen LogP contribution in [0.3, 0.4) is 0 Å². The summed E-state index contributed by atoms with van der Waals surface area (Å²) in [5, 5.41) is 6.95. The van der Waals surface area contributed by atoms with E-state index in [9.17, 15) is 0 Å². The number of likely N-dealkylation sites (tertiary alicyclic amines) is 1. The third kappa shape index (κ3) is 6.83. The first kappa shape index (κ1) is 20.4. The number of thioether (sulfide) groups is 1. The minimum Gasteiger partial charge on any atom is -0.355 e. The first-order valence-corrected chi connectivity index (χ1v) is 9.41. The maximum atomic E-state index is 4.34. The Morgan fingerprint density at radius 2 is 2.05 bits per heavy atom. The Balaban J connectivity index is 0.00000242. The zero-order chi connectivity index (χ0) is 15.1. The van der Waals surface area contributed by atoms with Crippen LogP contribution in [0.2, 0.25) is 0 Å². The van der Waals surface area contributed by atoms with Crippen LogP contribution in [0.15, 0.2) is 4.99 Å². The number of hydrogen-bond acceptors (Lipinski definition) is 3. The van der Waals surface area contributed by atoms with Crippen LogP contribution in [-0.4, -0.2) is 61.1 Å². The fourth-order valence-corrected chi connectivity index (χ4v) is 4.33. The van der Waals surface area contributed by atoms with E-state index in [4.69, 9.17) is 0 Å². The summed E-state index contributed by atoms with van der Waals surface area (Å²) < 4.78 is 0.390. The summed E-state index contributed by atoms with van der Waals surface area (Å²) in [6.07, 6.45) is 5.36. The van der Waals surface area contributed by atoms with Crippen molar-refractivity contribution >= 4 is 41.7 Å². The molecular weight excluding hydrogens is 407 g/mol. The maximum absolute atomic E-state index is 4.34. The van der Waals surface area contributed by atoms with E-state index in [0.717, 1.165) is 31.5 Å². The van der Waals surface area contributed by atoms with Gasteiger partial charge in [0.25, 0.3) is 0 Å². The number of nitrogens with one attached hydrogen (secondary N) is 2. The summed E-state index contributed by atoms with van der Waals surface area (Å²) in [6, 6.07) is 0. The van der Waals surface area contributed by atoms with Gasteiger partial charge < -0.3 is 15.5 Å². The second kappa shape index (κ2) is 10.2. The summed E-state index contributed by atoms with van der Waals surface area (Å²) in [5.41, 5.74) is 0. The molecule has 4 nitrogen and oxygen atoms in total. The smallest absolute Gasteiger partial charge is 0.191 e. The second-order valence-corrected chi connectivity index (χ2v) is 8.46. The van der Waals surface area contributed by atoms with Gasteiger partial charge in [-0.1, -0.05) is 6.92 Å². The van der Waals surface area contributed by atoms with Gasteiger partial charge in [0.1, 0.15) is 0 Å². The highest BCUT2D eigenvalue weighted by Crippen LogP contribution is 2.36. The van der Waals surface area contributed by atoms with Gasteiger partial charge in [-0.05, 0) is 57.4 Å². The molecule has 0 aliphatic carbocycles. The van der Waals surface area contributed by atoms with Gasteiger partial charge >= 0.3 is 0 Å². The first-order chi connectivity index (χ1) is 10.1. The standard InChI is InChI=1S/C16H32N4S.HI/c1-14-5-9-20(10-6-14)11-8-18-15(17-3)19-13-16(2)7-4-12-21-16;/h14H,4-13H2,1-3H3,(H2,17,18,19);1H. The highest BCUT2D eigenvalue weighted by molar-refractivity contribution is 14.0. The Hall–Kier alpha value is 0.310. The van der Waals surface area contributed by atoms with Crippen LogP contribution >= 0.6 is 35.7 Å². The van der Waals surface area contributed by atoms with Crippen molar-refractivity contribution in [3.8, 4) is 0 Å². The minimum atomic E-state index is 0. The molecule has 2 N–H and O–H groups in total. The highest BCUT2D eigenvalue weighted by atomic mass is 127. The average molecular weight is 440 g/mol. The molecule has 0 aromatic heterocycles. The van der Waals surface area contributed by atoms with Gasteiger partial charge in [0.15, 0.2) is 5.96 Å². The molecule has 1 atom stereocenters. The van der Waals surface area contributed by atoms with E-state index in [2.05, 4.69) is 46.1 Å². The Morgan fingerprint density at radius 1 is 1.32 bits per heavy atom. The lowest BCUT2D eigenvalue weighted by atomic mass is 9.99. The normalized spacial score (nSPS) is 27.5. The number of halogens is 1. The molecule has 0 spiro atoms. The maximum Gasteiger partial charge on any atom is 0.191 e. The molecule has 0 aromatic carbocycles. The molecule has 0 amide bonds. The minimum absolute atomic E-state index is 0. The number of guanidine groups is 1. The molecular formula is C16H33IN4S. The van der Waals surface area contributed by atoms with Crippen molar-refractivity contribution in [2.24, 2.45) is 10.9 Å². The predicted molar refractivity (Wildman–Crippen MR) is 110 cm³/mol. The summed E-state index contributed by atoms with van der Waals surface area (Å²) in [7, 11) is 1.86. The van der Waals surface area contributed by atoms with Crippen molar-refractivity contribution in [1.29, 1.82) is 0 Å². The molecule has 0 saturated carbocycles. The molecule has 2 aliphatic rings. The highest BCUT2D eigenvalue weighted by Gasteiger charge is 2.29. The number of hydrogen-bond donors (Lipinski definition) is 2. The molecule has 22 heavy (non-hydrogen) atoms. The van der Waals surface area contributed by atoms with E-state index in [1.165, 1.54) is 44.5 Å². The summed E-state index contributed by atoms with van der Waals surface area (Å²) in [5.74, 6) is 3.17. The fraction of sp³-hybridized carbons (Fsp3) is 0.938. The van der Waals surface area contributed by atoms with Crippen molar-refractivity contribution in [3.63, 3.8) is 0 Å². The van der Waals surface area contributed by atoms with Crippen LogP contribution in [0.5, 0.6) is 0 Å². The number of piperidine rings is 1. The number of nitrogens with zero attached hydrogens (tertiary/aromatic N) is 2. The van der Waals surface area contributed by atoms with Gasteiger partial charge in [-0.25, -0.2) is 0 Å². The Kier molecular flexibility index (Phi) is 9.47. The predicted octanol–water partition coefficient (Wildman–Crippen LogP) is 2.79. The zero-order valence-electron chi connectivity index (χ0n) is 14.4. The van der Waals surface area contributed by atoms with Crippen LogP contribution in [0.1, 0.15) is 39.5 Å². The molecule has 2 aliphatic heterocycles. The van der Waals surface area contributed by atoms with Crippen molar-refractivity contribution in [2.45, 2.75) is 44.3 Å². The molecule has 2 heterocycles. The molecule has 6 heteroatoms. The molecule has 2 rings (SSSR count). The lowest BCUT2D eigenvalue weighted by Gasteiger charge is -2.30. The largest absolute Gasteiger partial charge is 0.355 e. The van der Waals surface area contributed by atoms with Gasteiger partial charge in [0.05, 0.1) is 0 Å². The molecule has 0 aromatic rings. The van der Waals surface area contributed by atoms with Crippen LogP contribution in [0.25, 0.3) is 0 Å². The van der Waals surface area contributed by atoms with E-state index in [0.29, 0.717) is 4.75 Å². The third-order valence-corrected chi connectivity index (χ3v) is 6.29. The van der Waals surface area contributed by atoms with Crippen LogP contribution in [-0.2, 0) is 0 Å². The Morgan fingerprint density at radius 3 is 2.64 bits per heavy atom. The van der Waals surface area contributed by atoms with E-state index < -0.39 is 0 Å². The van der Waals surface area contributed by atoms with Crippen molar-refractivity contribution in [3.05, 3.63) is 0 Å². The second-order valence-electron chi connectivity index (χ2n) is 6.78. The van der Waals surface area contributed by atoms with E-state index in [1.807, 2.05) is 7.05 Å². The monoisotopic (exact) mass is 440 g/mol. The lowest BCUT2D eigenvalue weighted by Crippen LogP contribution is -2.46. The third-order valence-electron chi connectivity index (χ3n) is 4.75. The van der Waals surface area contributed by atoms with Crippen molar-refractivity contribution in [1.82, 2.24) is 15.5 Å². The molecule has 0 radical (unpaired) electrons.